The lowest BCUT2D eigenvalue weighted by molar-refractivity contribution is 0.0952. The number of nitrogens with one attached hydrogen (secondary N) is 1. The number of rotatable bonds is 4. The predicted octanol–water partition coefficient (Wildman–Crippen LogP) is 5.19. The van der Waals surface area contributed by atoms with E-state index in [1.54, 1.807) is 12.4 Å². The Hall–Kier alpha value is -3.24. The van der Waals surface area contributed by atoms with Crippen LogP contribution in [0.1, 0.15) is 21.5 Å². The summed E-state index contributed by atoms with van der Waals surface area (Å²) in [4.78, 5) is 21.8. The van der Waals surface area contributed by atoms with Crippen LogP contribution in [-0.2, 0) is 6.54 Å². The molecule has 0 saturated heterocycles. The van der Waals surface area contributed by atoms with Crippen molar-refractivity contribution in [1.82, 2.24) is 15.3 Å². The minimum Gasteiger partial charge on any atom is -0.348 e. The zero-order chi connectivity index (χ0) is 19.5. The lowest BCUT2D eigenvalue weighted by Crippen LogP contribution is -2.23. The van der Waals surface area contributed by atoms with Crippen molar-refractivity contribution in [3.05, 3.63) is 94.8 Å². The Kier molecular flexibility index (Phi) is 5.04. The Morgan fingerprint density at radius 2 is 1.75 bits per heavy atom. The van der Waals surface area contributed by atoms with Gasteiger partial charge in [0.1, 0.15) is 0 Å². The highest BCUT2D eigenvalue weighted by Gasteiger charge is 2.14. The van der Waals surface area contributed by atoms with Crippen LogP contribution in [0.15, 0.2) is 73.1 Å². The number of carbonyl (C=O) groups is 1. The number of amides is 1. The summed E-state index contributed by atoms with van der Waals surface area (Å²) in [5, 5.41) is 4.50. The molecule has 4 aromatic rings. The normalized spacial score (nSPS) is 10.8. The minimum atomic E-state index is -0.134. The largest absolute Gasteiger partial charge is 0.348 e. The van der Waals surface area contributed by atoms with Gasteiger partial charge in [0, 0.05) is 34.9 Å². The number of aromatic nitrogens is 2. The van der Waals surface area contributed by atoms with E-state index in [-0.39, 0.29) is 5.91 Å². The highest BCUT2D eigenvalue weighted by Crippen LogP contribution is 2.26. The Balaban J connectivity index is 1.75. The van der Waals surface area contributed by atoms with Gasteiger partial charge in [-0.25, -0.2) is 4.98 Å². The summed E-state index contributed by atoms with van der Waals surface area (Å²) in [7, 11) is 0. The van der Waals surface area contributed by atoms with Crippen LogP contribution in [0, 0.1) is 6.92 Å². The van der Waals surface area contributed by atoms with Crippen molar-refractivity contribution in [2.24, 2.45) is 0 Å². The molecule has 5 heteroatoms. The van der Waals surface area contributed by atoms with Crippen LogP contribution < -0.4 is 5.32 Å². The van der Waals surface area contributed by atoms with E-state index in [1.165, 1.54) is 0 Å². The molecule has 2 heterocycles. The second-order valence-electron chi connectivity index (χ2n) is 6.62. The van der Waals surface area contributed by atoms with Crippen molar-refractivity contribution in [3.63, 3.8) is 0 Å². The van der Waals surface area contributed by atoms with Gasteiger partial charge < -0.3 is 5.32 Å². The first-order valence-corrected chi connectivity index (χ1v) is 9.32. The molecular formula is C23H18ClN3O. The number of hydrogen-bond donors (Lipinski definition) is 1. The van der Waals surface area contributed by atoms with Crippen molar-refractivity contribution in [2.75, 3.05) is 0 Å². The molecule has 2 aromatic heterocycles. The number of benzene rings is 2. The molecule has 2 aromatic carbocycles. The number of nitrogens with zero attached hydrogens (tertiary/aromatic N) is 2. The molecule has 4 rings (SSSR count). The molecule has 28 heavy (non-hydrogen) atoms. The van der Waals surface area contributed by atoms with Gasteiger partial charge in [0.15, 0.2) is 0 Å². The topological polar surface area (TPSA) is 54.9 Å². The summed E-state index contributed by atoms with van der Waals surface area (Å²) in [6, 6.07) is 19.0. The van der Waals surface area contributed by atoms with E-state index in [4.69, 9.17) is 16.6 Å². The molecule has 1 amide bonds. The fourth-order valence-corrected chi connectivity index (χ4v) is 3.20. The molecule has 0 aliphatic carbocycles. The van der Waals surface area contributed by atoms with Crippen LogP contribution in [0.3, 0.4) is 0 Å². The molecule has 0 unspecified atom stereocenters. The Bertz CT molecular complexity index is 1140. The van der Waals surface area contributed by atoms with E-state index in [0.29, 0.717) is 17.1 Å². The quantitative estimate of drug-likeness (QED) is 0.524. The second-order valence-corrected chi connectivity index (χ2v) is 7.06. The third kappa shape index (κ3) is 3.87. The Labute approximate surface area is 168 Å². The average Bonchev–Trinajstić information content (AvgIpc) is 2.72. The highest BCUT2D eigenvalue weighted by atomic mass is 35.5. The maximum atomic E-state index is 13.0. The summed E-state index contributed by atoms with van der Waals surface area (Å²) in [5.74, 6) is -0.134. The lowest BCUT2D eigenvalue weighted by Gasteiger charge is -2.11. The van der Waals surface area contributed by atoms with Crippen LogP contribution in [-0.4, -0.2) is 15.9 Å². The Morgan fingerprint density at radius 3 is 2.50 bits per heavy atom. The summed E-state index contributed by atoms with van der Waals surface area (Å²) in [6.07, 6.45) is 3.43. The number of pyridine rings is 2. The molecule has 0 saturated carbocycles. The van der Waals surface area contributed by atoms with E-state index < -0.39 is 0 Å². The first-order chi connectivity index (χ1) is 13.6. The molecular weight excluding hydrogens is 370 g/mol. The van der Waals surface area contributed by atoms with E-state index >= 15 is 0 Å². The molecule has 0 bridgehead atoms. The number of carbonyl (C=O) groups excluding carboxylic acids is 1. The van der Waals surface area contributed by atoms with Gasteiger partial charge in [-0.1, -0.05) is 35.4 Å². The third-order valence-corrected chi connectivity index (χ3v) is 4.80. The minimum absolute atomic E-state index is 0.134. The molecule has 0 atom stereocenters. The monoisotopic (exact) mass is 387 g/mol. The molecule has 1 N–H and O–H groups in total. The van der Waals surface area contributed by atoms with Crippen LogP contribution in [0.2, 0.25) is 5.02 Å². The molecule has 0 spiro atoms. The van der Waals surface area contributed by atoms with Crippen LogP contribution in [0.25, 0.3) is 22.2 Å². The first-order valence-electron chi connectivity index (χ1n) is 8.94. The fraction of sp³-hybridized carbons (Fsp3) is 0.0870. The Morgan fingerprint density at radius 1 is 1.00 bits per heavy atom. The van der Waals surface area contributed by atoms with Gasteiger partial charge in [-0.15, -0.1) is 0 Å². The molecule has 0 aliphatic heterocycles. The van der Waals surface area contributed by atoms with Crippen molar-refractivity contribution < 1.29 is 4.79 Å². The van der Waals surface area contributed by atoms with Gasteiger partial charge in [0.2, 0.25) is 0 Å². The van der Waals surface area contributed by atoms with Crippen LogP contribution in [0.5, 0.6) is 0 Å². The molecule has 0 fully saturated rings. The van der Waals surface area contributed by atoms with Gasteiger partial charge >= 0.3 is 0 Å². The van der Waals surface area contributed by atoms with E-state index in [1.807, 2.05) is 67.6 Å². The predicted molar refractivity (Wildman–Crippen MR) is 112 cm³/mol. The lowest BCUT2D eigenvalue weighted by atomic mass is 10.0. The van der Waals surface area contributed by atoms with Crippen molar-refractivity contribution >= 4 is 28.4 Å². The SMILES string of the molecule is Cc1ccc2nc(-c3ccc(Cl)cc3)cc(C(=O)NCc3ccncc3)c2c1. The molecule has 4 nitrogen and oxygen atoms in total. The summed E-state index contributed by atoms with van der Waals surface area (Å²) in [5.41, 5.74) is 5.12. The smallest absolute Gasteiger partial charge is 0.252 e. The zero-order valence-corrected chi connectivity index (χ0v) is 16.1. The summed E-state index contributed by atoms with van der Waals surface area (Å²) in [6.45, 7) is 2.44. The number of halogens is 1. The highest BCUT2D eigenvalue weighted by molar-refractivity contribution is 6.30. The first kappa shape index (κ1) is 18.1. The molecule has 0 aliphatic rings. The van der Waals surface area contributed by atoms with Crippen molar-refractivity contribution in [1.29, 1.82) is 0 Å². The maximum absolute atomic E-state index is 13.0. The zero-order valence-electron chi connectivity index (χ0n) is 15.3. The fourth-order valence-electron chi connectivity index (χ4n) is 3.07. The molecule has 138 valence electrons. The second kappa shape index (κ2) is 7.79. The van der Waals surface area contributed by atoms with Crippen LogP contribution in [0.4, 0.5) is 0 Å². The third-order valence-electron chi connectivity index (χ3n) is 4.55. The summed E-state index contributed by atoms with van der Waals surface area (Å²) >= 11 is 6.00. The summed E-state index contributed by atoms with van der Waals surface area (Å²) < 4.78 is 0. The van der Waals surface area contributed by atoms with Gasteiger partial charge in [-0.3, -0.25) is 9.78 Å². The van der Waals surface area contributed by atoms with Crippen molar-refractivity contribution in [3.8, 4) is 11.3 Å². The van der Waals surface area contributed by atoms with Gasteiger partial charge in [0.05, 0.1) is 16.8 Å². The van der Waals surface area contributed by atoms with Gasteiger partial charge in [0.25, 0.3) is 5.91 Å². The standard InChI is InChI=1S/C23H18ClN3O/c1-15-2-7-21-19(12-15)20(23(28)26-14-16-8-10-25-11-9-16)13-22(27-21)17-3-5-18(24)6-4-17/h2-13H,14H2,1H3,(H,26,28). The van der Waals surface area contributed by atoms with Crippen LogP contribution >= 0.6 is 11.6 Å². The number of hydrogen-bond acceptors (Lipinski definition) is 3. The maximum Gasteiger partial charge on any atom is 0.252 e. The van der Waals surface area contributed by atoms with E-state index in [2.05, 4.69) is 10.3 Å². The van der Waals surface area contributed by atoms with E-state index in [9.17, 15) is 4.79 Å². The van der Waals surface area contributed by atoms with Crippen molar-refractivity contribution in [2.45, 2.75) is 13.5 Å². The van der Waals surface area contributed by atoms with Gasteiger partial charge in [-0.2, -0.15) is 0 Å². The van der Waals surface area contributed by atoms with Gasteiger partial charge in [-0.05, 0) is 55.0 Å². The number of aryl methyl sites for hydroxylation is 1. The average molecular weight is 388 g/mol. The number of fused-ring (bicyclic) bond motifs is 1. The molecule has 0 radical (unpaired) electrons. The van der Waals surface area contributed by atoms with E-state index in [0.717, 1.165) is 33.3 Å².